The maximum absolute atomic E-state index is 11.1. The van der Waals surface area contributed by atoms with Crippen LogP contribution in [0.3, 0.4) is 0 Å². The zero-order valence-corrected chi connectivity index (χ0v) is 13.0. The number of ketones is 2. The van der Waals surface area contributed by atoms with Crippen molar-refractivity contribution in [3.63, 3.8) is 0 Å². The fourth-order valence-corrected chi connectivity index (χ4v) is 1.75. The molecule has 2 aromatic rings. The predicted molar refractivity (Wildman–Crippen MR) is 88.6 cm³/mol. The second-order valence-electron chi connectivity index (χ2n) is 4.77. The van der Waals surface area contributed by atoms with Gasteiger partial charge in [0, 0.05) is 35.4 Å². The van der Waals surface area contributed by atoms with Crippen molar-refractivity contribution in [3.8, 4) is 0 Å². The van der Waals surface area contributed by atoms with Gasteiger partial charge < -0.3 is 5.73 Å². The smallest absolute Gasteiger partial charge is 0.270 e. The van der Waals surface area contributed by atoms with E-state index in [0.717, 1.165) is 0 Å². The molecule has 0 saturated carbocycles. The third kappa shape index (κ3) is 5.70. The molecule has 0 heterocycles. The van der Waals surface area contributed by atoms with Crippen LogP contribution in [0.25, 0.3) is 0 Å². The van der Waals surface area contributed by atoms with Gasteiger partial charge in [0.25, 0.3) is 5.69 Å². The minimum atomic E-state index is -0.521. The molecule has 0 atom stereocenters. The molecule has 6 heteroatoms. The first-order valence-electron chi connectivity index (χ1n) is 6.99. The number of non-ortho nitro benzene ring substituents is 1. The first-order valence-corrected chi connectivity index (χ1v) is 6.99. The Morgan fingerprint density at radius 2 is 1.70 bits per heavy atom. The lowest BCUT2D eigenvalue weighted by atomic mass is 10.1. The molecule has 0 aliphatic carbocycles. The van der Waals surface area contributed by atoms with Crippen molar-refractivity contribution in [2.24, 2.45) is 0 Å². The summed E-state index contributed by atoms with van der Waals surface area (Å²) in [6, 6.07) is 12.7. The van der Waals surface area contributed by atoms with E-state index >= 15 is 0 Å². The van der Waals surface area contributed by atoms with Gasteiger partial charge in [0.15, 0.2) is 11.6 Å². The Bertz CT molecular complexity index is 697. The van der Waals surface area contributed by atoms with Crippen LogP contribution in [0, 0.1) is 10.1 Å². The fourth-order valence-electron chi connectivity index (χ4n) is 1.75. The molecule has 0 aliphatic rings. The van der Waals surface area contributed by atoms with Crippen molar-refractivity contribution in [1.29, 1.82) is 0 Å². The molecular formula is C17H18N2O4. The molecule has 0 aromatic heterocycles. The molecule has 0 unspecified atom stereocenters. The SMILES string of the molecule is CC(=O)c1cccc([N+](=O)[O-])c1.CCC(=O)c1cccc(N)c1. The largest absolute Gasteiger partial charge is 0.399 e. The maximum Gasteiger partial charge on any atom is 0.270 e. The van der Waals surface area contributed by atoms with E-state index < -0.39 is 4.92 Å². The van der Waals surface area contributed by atoms with Gasteiger partial charge in [0.2, 0.25) is 0 Å². The van der Waals surface area contributed by atoms with Gasteiger partial charge in [-0.3, -0.25) is 19.7 Å². The van der Waals surface area contributed by atoms with Crippen molar-refractivity contribution in [2.75, 3.05) is 5.73 Å². The highest BCUT2D eigenvalue weighted by molar-refractivity contribution is 5.96. The van der Waals surface area contributed by atoms with Gasteiger partial charge in [-0.15, -0.1) is 0 Å². The summed E-state index contributed by atoms with van der Waals surface area (Å²) in [5, 5.41) is 10.3. The number of nitro benzene ring substituents is 1. The lowest BCUT2D eigenvalue weighted by molar-refractivity contribution is -0.384. The predicted octanol–water partition coefficient (Wildman–Crippen LogP) is 3.66. The third-order valence-electron chi connectivity index (χ3n) is 2.99. The third-order valence-corrected chi connectivity index (χ3v) is 2.99. The number of nitrogens with zero attached hydrogens (tertiary/aromatic N) is 1. The molecule has 2 rings (SSSR count). The summed E-state index contributed by atoms with van der Waals surface area (Å²) < 4.78 is 0. The molecule has 0 aliphatic heterocycles. The Morgan fingerprint density at radius 1 is 1.09 bits per heavy atom. The summed E-state index contributed by atoms with van der Waals surface area (Å²) in [4.78, 5) is 31.7. The molecule has 120 valence electrons. The Balaban J connectivity index is 0.000000231. The van der Waals surface area contributed by atoms with Crippen molar-refractivity contribution < 1.29 is 14.5 Å². The molecule has 2 aromatic carbocycles. The van der Waals surface area contributed by atoms with E-state index in [9.17, 15) is 19.7 Å². The summed E-state index contributed by atoms with van der Waals surface area (Å²) in [7, 11) is 0. The van der Waals surface area contributed by atoms with Gasteiger partial charge >= 0.3 is 0 Å². The number of hydrogen-bond donors (Lipinski definition) is 1. The number of Topliss-reactive ketones (excluding diaryl/α,β-unsaturated/α-hetero) is 2. The molecule has 0 amide bonds. The summed E-state index contributed by atoms with van der Waals surface area (Å²) in [6.45, 7) is 3.21. The monoisotopic (exact) mass is 314 g/mol. The van der Waals surface area contributed by atoms with E-state index in [1.807, 2.05) is 6.92 Å². The van der Waals surface area contributed by atoms with Crippen molar-refractivity contribution in [1.82, 2.24) is 0 Å². The standard InChI is InChI=1S/C9H11NO.C8H7NO3/c1-2-9(11)7-4-3-5-8(10)6-7;1-6(10)7-3-2-4-8(5-7)9(11)12/h3-6H,2,10H2,1H3;2-5H,1H3. The molecule has 2 N–H and O–H groups in total. The summed E-state index contributed by atoms with van der Waals surface area (Å²) >= 11 is 0. The van der Waals surface area contributed by atoms with Crippen LogP contribution in [0.4, 0.5) is 11.4 Å². The number of nitrogens with two attached hydrogens (primary N) is 1. The summed E-state index contributed by atoms with van der Waals surface area (Å²) in [6.07, 6.45) is 0.531. The zero-order valence-electron chi connectivity index (χ0n) is 13.0. The van der Waals surface area contributed by atoms with Gasteiger partial charge in [0.05, 0.1) is 4.92 Å². The second kappa shape index (κ2) is 8.43. The number of nitro groups is 1. The van der Waals surface area contributed by atoms with E-state index in [1.54, 1.807) is 30.3 Å². The lowest BCUT2D eigenvalue weighted by Crippen LogP contribution is -1.97. The number of hydrogen-bond acceptors (Lipinski definition) is 5. The quantitative estimate of drug-likeness (QED) is 0.401. The van der Waals surface area contributed by atoms with Crippen LogP contribution < -0.4 is 5.73 Å². The number of anilines is 1. The first kappa shape index (κ1) is 18.0. The highest BCUT2D eigenvalue weighted by atomic mass is 16.6. The number of rotatable bonds is 4. The van der Waals surface area contributed by atoms with E-state index in [2.05, 4.69) is 0 Å². The molecule has 23 heavy (non-hydrogen) atoms. The van der Waals surface area contributed by atoms with Gasteiger partial charge in [-0.05, 0) is 19.1 Å². The van der Waals surface area contributed by atoms with Crippen LogP contribution in [-0.2, 0) is 0 Å². The van der Waals surface area contributed by atoms with Gasteiger partial charge in [-0.1, -0.05) is 31.2 Å². The van der Waals surface area contributed by atoms with Gasteiger partial charge in [-0.25, -0.2) is 0 Å². The molecule has 0 fully saturated rings. The van der Waals surface area contributed by atoms with E-state index in [1.165, 1.54) is 25.1 Å². The van der Waals surface area contributed by atoms with Crippen molar-refractivity contribution >= 4 is 22.9 Å². The van der Waals surface area contributed by atoms with Gasteiger partial charge in [0.1, 0.15) is 0 Å². The van der Waals surface area contributed by atoms with Crippen LogP contribution in [0.2, 0.25) is 0 Å². The summed E-state index contributed by atoms with van der Waals surface area (Å²) in [5.41, 5.74) is 7.16. The molecular weight excluding hydrogens is 296 g/mol. The molecule has 0 radical (unpaired) electrons. The number of carbonyl (C=O) groups excluding carboxylic acids is 2. The van der Waals surface area contributed by atoms with Gasteiger partial charge in [-0.2, -0.15) is 0 Å². The number of nitrogen functional groups attached to an aromatic ring is 1. The molecule has 0 bridgehead atoms. The van der Waals surface area contributed by atoms with E-state index in [0.29, 0.717) is 23.2 Å². The lowest BCUT2D eigenvalue weighted by Gasteiger charge is -1.97. The van der Waals surface area contributed by atoms with Crippen LogP contribution in [-0.4, -0.2) is 16.5 Å². The topological polar surface area (TPSA) is 103 Å². The highest BCUT2D eigenvalue weighted by Gasteiger charge is 2.07. The normalized spacial score (nSPS) is 9.48. The maximum atomic E-state index is 11.1. The minimum absolute atomic E-state index is 0.0531. The fraction of sp³-hybridized carbons (Fsp3) is 0.176. The Hall–Kier alpha value is -3.02. The van der Waals surface area contributed by atoms with Crippen molar-refractivity contribution in [2.45, 2.75) is 20.3 Å². The first-order chi connectivity index (χ1) is 10.8. The van der Waals surface area contributed by atoms with E-state index in [-0.39, 0.29) is 17.3 Å². The van der Waals surface area contributed by atoms with Crippen LogP contribution in [0.15, 0.2) is 48.5 Å². The summed E-state index contributed by atoms with van der Waals surface area (Å²) in [5.74, 6) is -0.0315. The highest BCUT2D eigenvalue weighted by Crippen LogP contribution is 2.13. The second-order valence-corrected chi connectivity index (χ2v) is 4.77. The number of benzene rings is 2. The van der Waals surface area contributed by atoms with Crippen LogP contribution >= 0.6 is 0 Å². The Labute approximate surface area is 134 Å². The molecule has 0 spiro atoms. The van der Waals surface area contributed by atoms with Crippen LogP contribution in [0.1, 0.15) is 41.0 Å². The molecule has 0 saturated heterocycles. The number of carbonyl (C=O) groups is 2. The minimum Gasteiger partial charge on any atom is -0.399 e. The Kier molecular flexibility index (Phi) is 6.61. The van der Waals surface area contributed by atoms with Crippen molar-refractivity contribution in [3.05, 3.63) is 69.8 Å². The Morgan fingerprint density at radius 3 is 2.22 bits per heavy atom. The van der Waals surface area contributed by atoms with E-state index in [4.69, 9.17) is 5.73 Å². The zero-order chi connectivity index (χ0) is 17.4. The average Bonchev–Trinajstić information content (AvgIpc) is 2.54. The molecule has 6 nitrogen and oxygen atoms in total. The van der Waals surface area contributed by atoms with Crippen LogP contribution in [0.5, 0.6) is 0 Å². The average molecular weight is 314 g/mol.